The number of likely N-dealkylation sites (tertiary alicyclic amines) is 1. The number of nitrogens with one attached hydrogen (secondary N) is 1. The zero-order chi connectivity index (χ0) is 20.6. The smallest absolute Gasteiger partial charge is 0.404 e. The Hall–Kier alpha value is -2.28. The minimum Gasteiger partial charge on any atom is -0.445 e. The minimum atomic E-state index is -0.954. The Labute approximate surface area is 178 Å². The van der Waals surface area contributed by atoms with Crippen LogP contribution in [0.25, 0.3) is 0 Å². The highest BCUT2D eigenvalue weighted by atomic mass is 35.5. The van der Waals surface area contributed by atoms with Crippen LogP contribution >= 0.6 is 23.2 Å². The first-order valence-electron chi connectivity index (χ1n) is 9.45. The molecule has 0 bridgehead atoms. The monoisotopic (exact) mass is 433 g/mol. The van der Waals surface area contributed by atoms with Gasteiger partial charge in [0.2, 0.25) is 5.91 Å². The molecule has 6 nitrogen and oxygen atoms in total. The fourth-order valence-electron chi connectivity index (χ4n) is 4.42. The van der Waals surface area contributed by atoms with Gasteiger partial charge in [-0.1, -0.05) is 41.4 Å². The standard InChI is InChI=1S/C21H21Cl2N3O3/c22-14-4-1-3-13(9-14)11-21(26-8-2-5-16(12-26)29-20(24)28)17-7-6-15(23)10-18(17)25-19(21)27/h1,3-4,6-7,9-10,16H,2,5,8,11-12H2,(H2,24,28)(H,25,27). The molecule has 3 N–H and O–H groups in total. The molecule has 1 saturated heterocycles. The van der Waals surface area contributed by atoms with Crippen LogP contribution in [0.1, 0.15) is 24.0 Å². The van der Waals surface area contributed by atoms with Crippen molar-refractivity contribution in [1.29, 1.82) is 0 Å². The highest BCUT2D eigenvalue weighted by Crippen LogP contribution is 2.45. The molecule has 0 aromatic heterocycles. The van der Waals surface area contributed by atoms with Crippen LogP contribution in [0.15, 0.2) is 42.5 Å². The summed E-state index contributed by atoms with van der Waals surface area (Å²) in [7, 11) is 0. The molecule has 1 fully saturated rings. The maximum atomic E-state index is 13.4. The molecule has 2 atom stereocenters. The summed E-state index contributed by atoms with van der Waals surface area (Å²) in [5, 5.41) is 4.15. The third-order valence-corrected chi connectivity index (χ3v) is 6.07. The molecule has 0 aliphatic carbocycles. The molecule has 8 heteroatoms. The van der Waals surface area contributed by atoms with Crippen LogP contribution in [0.4, 0.5) is 10.5 Å². The van der Waals surface area contributed by atoms with Gasteiger partial charge in [-0.3, -0.25) is 9.69 Å². The van der Waals surface area contributed by atoms with Gasteiger partial charge in [0.25, 0.3) is 0 Å². The Bertz CT molecular complexity index is 968. The third kappa shape index (κ3) is 3.80. The largest absolute Gasteiger partial charge is 0.445 e. The lowest BCUT2D eigenvalue weighted by atomic mass is 9.81. The Morgan fingerprint density at radius 2 is 2.03 bits per heavy atom. The van der Waals surface area contributed by atoms with E-state index in [-0.39, 0.29) is 12.0 Å². The number of hydrogen-bond donors (Lipinski definition) is 2. The van der Waals surface area contributed by atoms with Crippen LogP contribution in [0.3, 0.4) is 0 Å². The first kappa shape index (κ1) is 20.0. The molecule has 4 rings (SSSR count). The summed E-state index contributed by atoms with van der Waals surface area (Å²) in [6.07, 6.45) is 0.760. The number of ether oxygens (including phenoxy) is 1. The fourth-order valence-corrected chi connectivity index (χ4v) is 4.80. The van der Waals surface area contributed by atoms with Crippen LogP contribution in [0, 0.1) is 0 Å². The average molecular weight is 434 g/mol. The Morgan fingerprint density at radius 3 is 2.79 bits per heavy atom. The second-order valence-corrected chi connectivity index (χ2v) is 8.33. The molecule has 0 saturated carbocycles. The van der Waals surface area contributed by atoms with Gasteiger partial charge in [-0.25, -0.2) is 4.79 Å². The highest BCUT2D eigenvalue weighted by molar-refractivity contribution is 6.31. The van der Waals surface area contributed by atoms with E-state index in [4.69, 9.17) is 33.7 Å². The van der Waals surface area contributed by atoms with Crippen molar-refractivity contribution < 1.29 is 14.3 Å². The van der Waals surface area contributed by atoms with Gasteiger partial charge in [0, 0.05) is 34.3 Å². The highest BCUT2D eigenvalue weighted by Gasteiger charge is 2.52. The third-order valence-electron chi connectivity index (χ3n) is 5.60. The first-order valence-corrected chi connectivity index (χ1v) is 10.2. The number of amides is 2. The molecule has 2 heterocycles. The number of nitrogens with zero attached hydrogens (tertiary/aromatic N) is 1. The molecule has 2 amide bonds. The Kier molecular flexibility index (Phi) is 5.42. The SMILES string of the molecule is NC(=O)OC1CCCN(C2(Cc3cccc(Cl)c3)C(=O)Nc3cc(Cl)ccc32)C1. The number of anilines is 1. The van der Waals surface area contributed by atoms with E-state index in [2.05, 4.69) is 10.2 Å². The fraction of sp³-hybridized carbons (Fsp3) is 0.333. The van der Waals surface area contributed by atoms with Crippen molar-refractivity contribution in [3.8, 4) is 0 Å². The number of halogens is 2. The van der Waals surface area contributed by atoms with E-state index in [9.17, 15) is 9.59 Å². The zero-order valence-electron chi connectivity index (χ0n) is 15.7. The predicted octanol–water partition coefficient (Wildman–Crippen LogP) is 3.94. The molecule has 2 aromatic rings. The van der Waals surface area contributed by atoms with Crippen molar-refractivity contribution in [2.45, 2.75) is 30.9 Å². The van der Waals surface area contributed by atoms with Gasteiger partial charge < -0.3 is 15.8 Å². The van der Waals surface area contributed by atoms with Gasteiger partial charge in [-0.15, -0.1) is 0 Å². The number of carbonyl (C=O) groups is 2. The van der Waals surface area contributed by atoms with E-state index in [0.717, 1.165) is 17.5 Å². The maximum absolute atomic E-state index is 13.4. The number of piperidine rings is 1. The number of rotatable bonds is 4. The van der Waals surface area contributed by atoms with Gasteiger partial charge in [0.1, 0.15) is 11.6 Å². The van der Waals surface area contributed by atoms with Crippen molar-refractivity contribution in [3.05, 3.63) is 63.6 Å². The molecule has 2 aliphatic heterocycles. The molecule has 2 aliphatic rings. The average Bonchev–Trinajstić information content (AvgIpc) is 2.93. The number of hydrogen-bond acceptors (Lipinski definition) is 4. The van der Waals surface area contributed by atoms with E-state index < -0.39 is 11.6 Å². The van der Waals surface area contributed by atoms with Crippen LogP contribution in [0.2, 0.25) is 10.0 Å². The van der Waals surface area contributed by atoms with Gasteiger partial charge in [0.05, 0.1) is 0 Å². The minimum absolute atomic E-state index is 0.130. The molecule has 152 valence electrons. The molecular formula is C21H21Cl2N3O3. The normalized spacial score (nSPS) is 24.1. The maximum Gasteiger partial charge on any atom is 0.404 e. The Balaban J connectivity index is 1.78. The van der Waals surface area contributed by atoms with Crippen molar-refractivity contribution >= 4 is 40.9 Å². The molecule has 0 spiro atoms. The second kappa shape index (κ2) is 7.86. The van der Waals surface area contributed by atoms with E-state index in [1.807, 2.05) is 24.3 Å². The van der Waals surface area contributed by atoms with E-state index >= 15 is 0 Å². The Morgan fingerprint density at radius 1 is 1.24 bits per heavy atom. The number of carbonyl (C=O) groups excluding carboxylic acids is 2. The summed E-state index contributed by atoms with van der Waals surface area (Å²) in [5.74, 6) is -0.130. The van der Waals surface area contributed by atoms with Crippen LogP contribution in [0.5, 0.6) is 0 Å². The van der Waals surface area contributed by atoms with E-state index in [1.54, 1.807) is 18.2 Å². The van der Waals surface area contributed by atoms with Gasteiger partial charge in [-0.2, -0.15) is 0 Å². The van der Waals surface area contributed by atoms with Gasteiger partial charge in [-0.05, 0) is 49.2 Å². The number of primary amides is 1. The lowest BCUT2D eigenvalue weighted by Crippen LogP contribution is -2.57. The van der Waals surface area contributed by atoms with Crippen molar-refractivity contribution in [3.63, 3.8) is 0 Å². The molecule has 2 unspecified atom stereocenters. The summed E-state index contributed by atoms with van der Waals surface area (Å²) in [6.45, 7) is 1.10. The lowest BCUT2D eigenvalue weighted by Gasteiger charge is -2.44. The number of benzene rings is 2. The van der Waals surface area contributed by atoms with Crippen molar-refractivity contribution in [2.75, 3.05) is 18.4 Å². The summed E-state index contributed by atoms with van der Waals surface area (Å²) in [5.41, 5.74) is 6.76. The number of fused-ring (bicyclic) bond motifs is 1. The summed E-state index contributed by atoms with van der Waals surface area (Å²) < 4.78 is 5.26. The molecule has 0 radical (unpaired) electrons. The summed E-state index contributed by atoms with van der Waals surface area (Å²) >= 11 is 12.4. The summed E-state index contributed by atoms with van der Waals surface area (Å²) in [6, 6.07) is 12.9. The zero-order valence-corrected chi connectivity index (χ0v) is 17.2. The second-order valence-electron chi connectivity index (χ2n) is 7.46. The number of nitrogens with two attached hydrogens (primary N) is 1. The molecular weight excluding hydrogens is 413 g/mol. The first-order chi connectivity index (χ1) is 13.9. The van der Waals surface area contributed by atoms with E-state index in [0.29, 0.717) is 41.7 Å². The summed E-state index contributed by atoms with van der Waals surface area (Å²) in [4.78, 5) is 26.8. The van der Waals surface area contributed by atoms with Gasteiger partial charge in [0.15, 0.2) is 0 Å². The molecule has 29 heavy (non-hydrogen) atoms. The molecule has 2 aromatic carbocycles. The predicted molar refractivity (Wildman–Crippen MR) is 112 cm³/mol. The quantitative estimate of drug-likeness (QED) is 0.764. The lowest BCUT2D eigenvalue weighted by molar-refractivity contribution is -0.130. The van der Waals surface area contributed by atoms with Gasteiger partial charge >= 0.3 is 6.09 Å². The van der Waals surface area contributed by atoms with Crippen LogP contribution < -0.4 is 11.1 Å². The topological polar surface area (TPSA) is 84.7 Å². The van der Waals surface area contributed by atoms with Crippen LogP contribution in [-0.2, 0) is 21.5 Å². The van der Waals surface area contributed by atoms with Crippen LogP contribution in [-0.4, -0.2) is 36.1 Å². The van der Waals surface area contributed by atoms with Crippen molar-refractivity contribution in [2.24, 2.45) is 5.73 Å². The van der Waals surface area contributed by atoms with E-state index in [1.165, 1.54) is 0 Å². The van der Waals surface area contributed by atoms with Crippen molar-refractivity contribution in [1.82, 2.24) is 4.90 Å².